The number of carbonyl (C=O) groups is 1. The Kier molecular flexibility index (Phi) is 8.58. The molecule has 0 unspecified atom stereocenters. The highest BCUT2D eigenvalue weighted by Crippen LogP contribution is 2.40. The monoisotopic (exact) mass is 538 g/mol. The first-order chi connectivity index (χ1) is 15.5. The Morgan fingerprint density at radius 3 is 2.35 bits per heavy atom. The van der Waals surface area contributed by atoms with E-state index in [1.807, 2.05) is 20.8 Å². The highest BCUT2D eigenvalue weighted by atomic mass is 79.9. The van der Waals surface area contributed by atoms with Gasteiger partial charge in [-0.3, -0.25) is 10.2 Å². The fourth-order valence-corrected chi connectivity index (χ4v) is 3.97. The molecule has 2 aromatic rings. The van der Waals surface area contributed by atoms with Gasteiger partial charge in [0.1, 0.15) is 5.84 Å². The lowest BCUT2D eigenvalue weighted by Gasteiger charge is -2.24. The summed E-state index contributed by atoms with van der Waals surface area (Å²) < 4.78 is 31.6. The number of carbonyl (C=O) groups excluding carboxylic acids is 1. The minimum absolute atomic E-state index is 0. The van der Waals surface area contributed by atoms with E-state index in [2.05, 4.69) is 0 Å². The molecule has 0 aliphatic carbocycles. The zero-order valence-electron chi connectivity index (χ0n) is 20.4. The summed E-state index contributed by atoms with van der Waals surface area (Å²) in [5.41, 5.74) is 1.30. The second-order valence-corrected chi connectivity index (χ2v) is 8.87. The summed E-state index contributed by atoms with van der Waals surface area (Å²) in [6.45, 7) is 10.1. The van der Waals surface area contributed by atoms with Crippen LogP contribution >= 0.6 is 17.0 Å². The Morgan fingerprint density at radius 2 is 1.79 bits per heavy atom. The topological polar surface area (TPSA) is 92.1 Å². The Bertz CT molecular complexity index is 1100. The number of Topliss-reactive ketones (excluding diaryl/α,β-unsaturated/α-hetero) is 1. The number of nitrogens with zero attached hydrogens (tertiary/aromatic N) is 1. The van der Waals surface area contributed by atoms with Crippen molar-refractivity contribution in [3.05, 3.63) is 46.3 Å². The Hall–Kier alpha value is -2.81. The SMILES string of the molecule is Br.CCOc1cc2c(c(F)c1OCC)C(=N)N(CC(=O)c1cc(O)c(OC)c(C(C)(C)C)c1)C2. The van der Waals surface area contributed by atoms with Gasteiger partial charge in [-0.05, 0) is 43.0 Å². The number of ketones is 1. The molecule has 34 heavy (non-hydrogen) atoms. The summed E-state index contributed by atoms with van der Waals surface area (Å²) in [6, 6.07) is 4.74. The van der Waals surface area contributed by atoms with Gasteiger partial charge >= 0.3 is 0 Å². The van der Waals surface area contributed by atoms with Crippen molar-refractivity contribution >= 4 is 28.6 Å². The van der Waals surface area contributed by atoms with E-state index in [4.69, 9.17) is 19.6 Å². The Balaban J connectivity index is 0.00000408. The molecule has 7 nitrogen and oxygen atoms in total. The third-order valence-electron chi connectivity index (χ3n) is 5.51. The van der Waals surface area contributed by atoms with Crippen molar-refractivity contribution in [3.63, 3.8) is 0 Å². The van der Waals surface area contributed by atoms with Crippen LogP contribution in [0.3, 0.4) is 0 Å². The van der Waals surface area contributed by atoms with Gasteiger partial charge in [-0.1, -0.05) is 20.8 Å². The molecule has 0 aromatic heterocycles. The van der Waals surface area contributed by atoms with Gasteiger partial charge in [0.05, 0.1) is 32.4 Å². The number of ether oxygens (including phenoxy) is 3. The normalized spacial score (nSPS) is 12.8. The predicted molar refractivity (Wildman–Crippen MR) is 134 cm³/mol. The summed E-state index contributed by atoms with van der Waals surface area (Å²) in [6.07, 6.45) is 0. The number of nitrogens with one attached hydrogen (secondary N) is 1. The van der Waals surface area contributed by atoms with Crippen LogP contribution < -0.4 is 14.2 Å². The number of hydrogen-bond acceptors (Lipinski definition) is 6. The number of methoxy groups -OCH3 is 1. The molecule has 1 aliphatic heterocycles. The summed E-state index contributed by atoms with van der Waals surface area (Å²) >= 11 is 0. The molecule has 2 N–H and O–H groups in total. The molecule has 0 saturated heterocycles. The fourth-order valence-electron chi connectivity index (χ4n) is 3.97. The third-order valence-corrected chi connectivity index (χ3v) is 5.51. The Morgan fingerprint density at radius 1 is 1.15 bits per heavy atom. The van der Waals surface area contributed by atoms with Crippen molar-refractivity contribution < 1.29 is 28.5 Å². The van der Waals surface area contributed by atoms with Gasteiger partial charge in [0, 0.05) is 17.7 Å². The van der Waals surface area contributed by atoms with Crippen LogP contribution in [0, 0.1) is 11.2 Å². The van der Waals surface area contributed by atoms with E-state index in [1.165, 1.54) is 18.1 Å². The van der Waals surface area contributed by atoms with Gasteiger partial charge in [-0.15, -0.1) is 17.0 Å². The molecule has 3 rings (SSSR count). The fraction of sp³-hybridized carbons (Fsp3) is 0.440. The van der Waals surface area contributed by atoms with Crippen molar-refractivity contribution in [2.75, 3.05) is 26.9 Å². The van der Waals surface area contributed by atoms with Crippen LogP contribution in [-0.4, -0.2) is 48.5 Å². The maximum atomic E-state index is 15.2. The van der Waals surface area contributed by atoms with E-state index in [-0.39, 0.29) is 76.5 Å². The molecule has 0 spiro atoms. The lowest BCUT2D eigenvalue weighted by Crippen LogP contribution is -2.30. The number of halogens is 2. The van der Waals surface area contributed by atoms with Gasteiger partial charge in [0.15, 0.2) is 34.6 Å². The molecule has 2 aromatic carbocycles. The average Bonchev–Trinajstić information content (AvgIpc) is 3.04. The van der Waals surface area contributed by atoms with Crippen LogP contribution in [0.1, 0.15) is 61.7 Å². The summed E-state index contributed by atoms with van der Waals surface area (Å²) in [7, 11) is 1.47. The molecule has 0 saturated carbocycles. The molecule has 0 fully saturated rings. The Labute approximate surface area is 210 Å². The molecule has 0 bridgehead atoms. The van der Waals surface area contributed by atoms with Gasteiger partial charge in [-0.2, -0.15) is 0 Å². The zero-order chi connectivity index (χ0) is 24.5. The number of aromatic hydroxyl groups is 1. The van der Waals surface area contributed by atoms with E-state index in [9.17, 15) is 9.90 Å². The van der Waals surface area contributed by atoms with E-state index < -0.39 is 5.82 Å². The lowest BCUT2D eigenvalue weighted by molar-refractivity contribution is 0.0962. The molecule has 0 radical (unpaired) electrons. The lowest BCUT2D eigenvalue weighted by atomic mass is 9.84. The van der Waals surface area contributed by atoms with Crippen molar-refractivity contribution in [1.29, 1.82) is 5.41 Å². The smallest absolute Gasteiger partial charge is 0.197 e. The first kappa shape index (κ1) is 27.4. The minimum Gasteiger partial charge on any atom is -0.504 e. The van der Waals surface area contributed by atoms with Crippen molar-refractivity contribution in [1.82, 2.24) is 4.90 Å². The van der Waals surface area contributed by atoms with E-state index >= 15 is 4.39 Å². The second-order valence-electron chi connectivity index (χ2n) is 8.87. The van der Waals surface area contributed by atoms with E-state index in [1.54, 1.807) is 26.0 Å². The number of benzene rings is 2. The maximum absolute atomic E-state index is 15.2. The maximum Gasteiger partial charge on any atom is 0.197 e. The molecule has 0 amide bonds. The predicted octanol–water partition coefficient (Wildman–Crippen LogP) is 5.24. The van der Waals surface area contributed by atoms with Crippen molar-refractivity contribution in [2.45, 2.75) is 46.6 Å². The number of phenols is 1. The average molecular weight is 539 g/mol. The number of hydrogen-bond donors (Lipinski definition) is 2. The first-order valence-electron chi connectivity index (χ1n) is 10.9. The highest BCUT2D eigenvalue weighted by molar-refractivity contribution is 8.93. The molecule has 186 valence electrons. The molecule has 1 heterocycles. The number of amidine groups is 1. The molecule has 0 atom stereocenters. The standard InChI is InChI=1S/C25H31FN2O5.BrH/c1-7-32-19-11-15-12-28(24(27)20(15)21(26)23(19)33-8-2)13-18(30)14-9-16(25(3,4)5)22(31-6)17(29)10-14;/h9-11,27,29H,7-8,12-13H2,1-6H3;1H. The van der Waals surface area contributed by atoms with Gasteiger partial charge < -0.3 is 24.2 Å². The highest BCUT2D eigenvalue weighted by Gasteiger charge is 2.33. The van der Waals surface area contributed by atoms with E-state index in [0.29, 0.717) is 29.0 Å². The van der Waals surface area contributed by atoms with Crippen LogP contribution in [0.5, 0.6) is 23.0 Å². The molecule has 1 aliphatic rings. The van der Waals surface area contributed by atoms with Gasteiger partial charge in [-0.25, -0.2) is 4.39 Å². The largest absolute Gasteiger partial charge is 0.504 e. The molecule has 9 heteroatoms. The summed E-state index contributed by atoms with van der Waals surface area (Å²) in [5.74, 6) is -0.580. The number of fused-ring (bicyclic) bond motifs is 1. The second kappa shape index (κ2) is 10.6. The minimum atomic E-state index is -0.658. The number of rotatable bonds is 8. The van der Waals surface area contributed by atoms with Crippen LogP contribution in [0.4, 0.5) is 4.39 Å². The third kappa shape index (κ3) is 5.14. The number of phenolic OH excluding ortho intramolecular Hbond substituents is 1. The van der Waals surface area contributed by atoms with Crippen molar-refractivity contribution in [2.24, 2.45) is 0 Å². The van der Waals surface area contributed by atoms with Gasteiger partial charge in [0.25, 0.3) is 0 Å². The molecular weight excluding hydrogens is 507 g/mol. The van der Waals surface area contributed by atoms with Crippen LogP contribution in [0.25, 0.3) is 0 Å². The molecular formula is C25H32BrFN2O5. The summed E-state index contributed by atoms with van der Waals surface area (Å²) in [4.78, 5) is 14.6. The zero-order valence-corrected chi connectivity index (χ0v) is 22.1. The van der Waals surface area contributed by atoms with E-state index in [0.717, 1.165) is 0 Å². The first-order valence-corrected chi connectivity index (χ1v) is 10.9. The van der Waals surface area contributed by atoms with Crippen molar-refractivity contribution in [3.8, 4) is 23.0 Å². The van der Waals surface area contributed by atoms with Crippen LogP contribution in [-0.2, 0) is 12.0 Å². The van der Waals surface area contributed by atoms with Gasteiger partial charge in [0.2, 0.25) is 0 Å². The summed E-state index contributed by atoms with van der Waals surface area (Å²) in [5, 5.41) is 18.9. The van der Waals surface area contributed by atoms with Crippen LogP contribution in [0.15, 0.2) is 18.2 Å². The van der Waals surface area contributed by atoms with Crippen LogP contribution in [0.2, 0.25) is 0 Å². The quantitative estimate of drug-likeness (QED) is 0.446.